The fraction of sp³-hybridized carbons (Fsp3) is 0.778. The number of carbonyl (C=O) groups excluding carboxylic acids is 2. The fourth-order valence-electron chi connectivity index (χ4n) is 0.986. The van der Waals surface area contributed by atoms with Crippen molar-refractivity contribution in [3.05, 3.63) is 0 Å². The monoisotopic (exact) mass is 201 g/mol. The van der Waals surface area contributed by atoms with Gasteiger partial charge >= 0.3 is 0 Å². The predicted molar refractivity (Wildman–Crippen MR) is 54.6 cm³/mol. The average Bonchev–Trinajstić information content (AvgIpc) is 2.14. The molecule has 0 aliphatic carbocycles. The molecule has 0 aromatic heterocycles. The predicted octanol–water partition coefficient (Wildman–Crippen LogP) is -0.682. The van der Waals surface area contributed by atoms with Gasteiger partial charge in [-0.2, -0.15) is 0 Å². The Hall–Kier alpha value is -1.10. The molecule has 0 rings (SSSR count). The van der Waals surface area contributed by atoms with E-state index in [9.17, 15) is 9.59 Å². The second-order valence-corrected chi connectivity index (χ2v) is 3.24. The number of primary amides is 1. The number of nitrogens with two attached hydrogens (primary N) is 1. The summed E-state index contributed by atoms with van der Waals surface area (Å²) in [5.41, 5.74) is 4.97. The van der Waals surface area contributed by atoms with Crippen LogP contribution in [0.15, 0.2) is 0 Å². The van der Waals surface area contributed by atoms with Gasteiger partial charge < -0.3 is 16.0 Å². The Labute approximate surface area is 84.6 Å². The molecule has 5 nitrogen and oxygen atoms in total. The molecule has 1 atom stereocenters. The van der Waals surface area contributed by atoms with Crippen LogP contribution in [0.5, 0.6) is 0 Å². The minimum absolute atomic E-state index is 0.0250. The van der Waals surface area contributed by atoms with E-state index in [0.29, 0.717) is 13.1 Å². The van der Waals surface area contributed by atoms with Crippen molar-refractivity contribution in [1.82, 2.24) is 10.2 Å². The van der Waals surface area contributed by atoms with Crippen LogP contribution in [0.1, 0.15) is 20.3 Å². The van der Waals surface area contributed by atoms with Crippen molar-refractivity contribution in [2.75, 3.05) is 20.1 Å². The minimum atomic E-state index is -0.360. The van der Waals surface area contributed by atoms with Gasteiger partial charge in [0.05, 0.1) is 6.04 Å². The summed E-state index contributed by atoms with van der Waals surface area (Å²) in [5, 5.41) is 2.94. The molecule has 0 spiro atoms. The van der Waals surface area contributed by atoms with E-state index in [1.54, 1.807) is 18.9 Å². The SMILES string of the molecule is CCN(C)C(=O)C(C)NCCC(N)=O. The first-order valence-corrected chi connectivity index (χ1v) is 4.75. The highest BCUT2D eigenvalue weighted by atomic mass is 16.2. The second-order valence-electron chi connectivity index (χ2n) is 3.24. The molecule has 0 radical (unpaired) electrons. The topological polar surface area (TPSA) is 75.4 Å². The summed E-state index contributed by atoms with van der Waals surface area (Å²) < 4.78 is 0. The Morgan fingerprint density at radius 2 is 2.07 bits per heavy atom. The number of likely N-dealkylation sites (N-methyl/N-ethyl adjacent to an activating group) is 1. The van der Waals surface area contributed by atoms with Gasteiger partial charge in [-0.1, -0.05) is 0 Å². The van der Waals surface area contributed by atoms with Crippen molar-refractivity contribution in [1.29, 1.82) is 0 Å². The first-order valence-electron chi connectivity index (χ1n) is 4.75. The first-order chi connectivity index (χ1) is 6.49. The fourth-order valence-corrected chi connectivity index (χ4v) is 0.986. The van der Waals surface area contributed by atoms with E-state index in [-0.39, 0.29) is 24.3 Å². The standard InChI is InChI=1S/C9H19N3O2/c1-4-12(3)9(14)7(2)11-6-5-8(10)13/h7,11H,4-6H2,1-3H3,(H2,10,13). The van der Waals surface area contributed by atoms with Gasteiger partial charge in [0.15, 0.2) is 0 Å². The first kappa shape index (κ1) is 12.9. The van der Waals surface area contributed by atoms with Crippen molar-refractivity contribution in [2.24, 2.45) is 5.73 Å². The smallest absolute Gasteiger partial charge is 0.239 e. The molecule has 0 aromatic carbocycles. The molecular formula is C9H19N3O2. The summed E-state index contributed by atoms with van der Waals surface area (Å²) >= 11 is 0. The van der Waals surface area contributed by atoms with Crippen molar-refractivity contribution >= 4 is 11.8 Å². The molecule has 0 aliphatic heterocycles. The van der Waals surface area contributed by atoms with Gasteiger partial charge in [0.1, 0.15) is 0 Å². The van der Waals surface area contributed by atoms with Crippen LogP contribution >= 0.6 is 0 Å². The van der Waals surface area contributed by atoms with Crippen molar-refractivity contribution in [3.63, 3.8) is 0 Å². The van der Waals surface area contributed by atoms with E-state index in [1.165, 1.54) is 0 Å². The lowest BCUT2D eigenvalue weighted by Gasteiger charge is -2.20. The molecule has 5 heteroatoms. The number of hydrogen-bond acceptors (Lipinski definition) is 3. The van der Waals surface area contributed by atoms with Crippen LogP contribution in [0, 0.1) is 0 Å². The number of carbonyl (C=O) groups is 2. The molecule has 82 valence electrons. The number of amides is 2. The Morgan fingerprint density at radius 3 is 2.50 bits per heavy atom. The normalized spacial score (nSPS) is 12.2. The third-order valence-electron chi connectivity index (χ3n) is 2.04. The molecule has 2 amide bonds. The molecule has 3 N–H and O–H groups in total. The molecule has 0 saturated carbocycles. The molecule has 0 heterocycles. The van der Waals surface area contributed by atoms with Crippen LogP contribution in [0.2, 0.25) is 0 Å². The highest BCUT2D eigenvalue weighted by Crippen LogP contribution is 1.91. The van der Waals surface area contributed by atoms with E-state index in [0.717, 1.165) is 0 Å². The lowest BCUT2D eigenvalue weighted by atomic mass is 10.2. The molecule has 0 aromatic rings. The summed E-state index contributed by atoms with van der Waals surface area (Å²) in [5.74, 6) is -0.335. The zero-order valence-electron chi connectivity index (χ0n) is 9.04. The zero-order valence-corrected chi connectivity index (χ0v) is 9.04. The van der Waals surface area contributed by atoms with E-state index in [4.69, 9.17) is 5.73 Å². The quantitative estimate of drug-likeness (QED) is 0.597. The van der Waals surface area contributed by atoms with Crippen LogP contribution in [0.4, 0.5) is 0 Å². The van der Waals surface area contributed by atoms with Crippen LogP contribution in [-0.4, -0.2) is 42.9 Å². The number of rotatable bonds is 6. The van der Waals surface area contributed by atoms with Gasteiger partial charge in [-0.3, -0.25) is 9.59 Å². The van der Waals surface area contributed by atoms with Gasteiger partial charge in [-0.25, -0.2) is 0 Å². The van der Waals surface area contributed by atoms with Crippen molar-refractivity contribution < 1.29 is 9.59 Å². The number of nitrogens with zero attached hydrogens (tertiary/aromatic N) is 1. The lowest BCUT2D eigenvalue weighted by molar-refractivity contribution is -0.131. The molecule has 0 bridgehead atoms. The maximum absolute atomic E-state index is 11.5. The molecular weight excluding hydrogens is 182 g/mol. The number of hydrogen-bond donors (Lipinski definition) is 2. The van der Waals surface area contributed by atoms with Gasteiger partial charge in [-0.15, -0.1) is 0 Å². The zero-order chi connectivity index (χ0) is 11.1. The molecule has 0 fully saturated rings. The highest BCUT2D eigenvalue weighted by Gasteiger charge is 2.15. The summed E-state index contributed by atoms with van der Waals surface area (Å²) in [4.78, 5) is 23.6. The third kappa shape index (κ3) is 4.81. The Morgan fingerprint density at radius 1 is 1.50 bits per heavy atom. The van der Waals surface area contributed by atoms with E-state index in [2.05, 4.69) is 5.32 Å². The second kappa shape index (κ2) is 6.37. The molecule has 0 saturated heterocycles. The summed E-state index contributed by atoms with van der Waals surface area (Å²) in [6, 6.07) is -0.265. The Kier molecular flexibility index (Phi) is 5.87. The van der Waals surface area contributed by atoms with Gasteiger partial charge in [-0.05, 0) is 13.8 Å². The minimum Gasteiger partial charge on any atom is -0.370 e. The van der Waals surface area contributed by atoms with Crippen molar-refractivity contribution in [2.45, 2.75) is 26.3 Å². The number of nitrogens with one attached hydrogen (secondary N) is 1. The van der Waals surface area contributed by atoms with E-state index < -0.39 is 0 Å². The van der Waals surface area contributed by atoms with Crippen LogP contribution in [0.3, 0.4) is 0 Å². The lowest BCUT2D eigenvalue weighted by Crippen LogP contribution is -2.43. The van der Waals surface area contributed by atoms with Crippen molar-refractivity contribution in [3.8, 4) is 0 Å². The van der Waals surface area contributed by atoms with E-state index in [1.807, 2.05) is 6.92 Å². The highest BCUT2D eigenvalue weighted by molar-refractivity contribution is 5.81. The van der Waals surface area contributed by atoms with Gasteiger partial charge in [0.25, 0.3) is 0 Å². The maximum Gasteiger partial charge on any atom is 0.239 e. The van der Waals surface area contributed by atoms with Crippen LogP contribution in [-0.2, 0) is 9.59 Å². The van der Waals surface area contributed by atoms with E-state index >= 15 is 0 Å². The Balaban J connectivity index is 3.78. The summed E-state index contributed by atoms with van der Waals surface area (Å²) in [7, 11) is 1.74. The maximum atomic E-state index is 11.5. The Bertz CT molecular complexity index is 206. The third-order valence-corrected chi connectivity index (χ3v) is 2.04. The van der Waals surface area contributed by atoms with Gasteiger partial charge in [0.2, 0.25) is 11.8 Å². The molecule has 14 heavy (non-hydrogen) atoms. The molecule has 1 unspecified atom stereocenters. The summed E-state index contributed by atoms with van der Waals surface area (Å²) in [6.45, 7) is 4.81. The van der Waals surface area contributed by atoms with Crippen LogP contribution < -0.4 is 11.1 Å². The molecule has 0 aliphatic rings. The van der Waals surface area contributed by atoms with Gasteiger partial charge in [0, 0.05) is 26.6 Å². The summed E-state index contributed by atoms with van der Waals surface area (Å²) in [6.07, 6.45) is 0.257. The average molecular weight is 201 g/mol. The van der Waals surface area contributed by atoms with Crippen LogP contribution in [0.25, 0.3) is 0 Å². The largest absolute Gasteiger partial charge is 0.370 e.